The first-order valence-electron chi connectivity index (χ1n) is 6.87. The van der Waals surface area contributed by atoms with E-state index in [4.69, 9.17) is 5.73 Å². The third kappa shape index (κ3) is 3.76. The Bertz CT molecular complexity index is 386. The lowest BCUT2D eigenvalue weighted by atomic mass is 9.80. The van der Waals surface area contributed by atoms with Crippen molar-refractivity contribution in [2.75, 3.05) is 11.9 Å². The predicted octanol–water partition coefficient (Wildman–Crippen LogP) is 3.24. The molecule has 18 heavy (non-hydrogen) atoms. The van der Waals surface area contributed by atoms with Gasteiger partial charge in [0.15, 0.2) is 5.96 Å². The van der Waals surface area contributed by atoms with Gasteiger partial charge in [0.1, 0.15) is 0 Å². The van der Waals surface area contributed by atoms with Crippen LogP contribution < -0.4 is 11.1 Å². The number of para-hydroxylation sites is 1. The number of nitrogens with one attached hydrogen (secondary N) is 1. The minimum atomic E-state index is 0.527. The summed E-state index contributed by atoms with van der Waals surface area (Å²) in [5.41, 5.74) is 6.90. The van der Waals surface area contributed by atoms with E-state index < -0.39 is 0 Å². The number of hydrogen-bond acceptors (Lipinski definition) is 1. The SMILES string of the molecule is CC1CCCCC1CN=C(N)Nc1ccccc1. The van der Waals surface area contributed by atoms with Gasteiger partial charge in [-0.3, -0.25) is 4.99 Å². The Morgan fingerprint density at radius 2 is 2.00 bits per heavy atom. The van der Waals surface area contributed by atoms with E-state index in [0.29, 0.717) is 11.9 Å². The predicted molar refractivity (Wildman–Crippen MR) is 77.7 cm³/mol. The molecule has 3 nitrogen and oxygen atoms in total. The molecular formula is C15H23N3. The monoisotopic (exact) mass is 245 g/mol. The summed E-state index contributed by atoms with van der Waals surface area (Å²) in [6, 6.07) is 9.94. The van der Waals surface area contributed by atoms with Crippen LogP contribution >= 0.6 is 0 Å². The molecule has 0 radical (unpaired) electrons. The molecule has 0 heterocycles. The summed E-state index contributed by atoms with van der Waals surface area (Å²) in [5, 5.41) is 3.12. The van der Waals surface area contributed by atoms with Crippen molar-refractivity contribution in [3.05, 3.63) is 30.3 Å². The number of anilines is 1. The fourth-order valence-corrected chi connectivity index (χ4v) is 2.59. The Hall–Kier alpha value is -1.51. The quantitative estimate of drug-likeness (QED) is 0.634. The summed E-state index contributed by atoms with van der Waals surface area (Å²) in [4.78, 5) is 4.48. The van der Waals surface area contributed by atoms with E-state index in [2.05, 4.69) is 17.2 Å². The van der Waals surface area contributed by atoms with Crippen molar-refractivity contribution in [3.63, 3.8) is 0 Å². The van der Waals surface area contributed by atoms with Gasteiger partial charge in [-0.2, -0.15) is 0 Å². The highest BCUT2D eigenvalue weighted by Crippen LogP contribution is 2.29. The molecule has 3 heteroatoms. The van der Waals surface area contributed by atoms with Crippen molar-refractivity contribution in [1.29, 1.82) is 0 Å². The Kier molecular flexibility index (Phi) is 4.62. The molecule has 0 aromatic heterocycles. The van der Waals surface area contributed by atoms with Crippen LogP contribution in [0.3, 0.4) is 0 Å². The largest absolute Gasteiger partial charge is 0.370 e. The molecule has 0 amide bonds. The molecule has 1 fully saturated rings. The summed E-state index contributed by atoms with van der Waals surface area (Å²) in [6.45, 7) is 3.19. The molecule has 2 rings (SSSR count). The average molecular weight is 245 g/mol. The van der Waals surface area contributed by atoms with Crippen molar-refractivity contribution in [2.45, 2.75) is 32.6 Å². The standard InChI is InChI=1S/C15H23N3/c1-12-7-5-6-8-13(12)11-17-15(16)18-14-9-3-2-4-10-14/h2-4,9-10,12-13H,5-8,11H2,1H3,(H3,16,17,18). The Morgan fingerprint density at radius 1 is 1.28 bits per heavy atom. The summed E-state index contributed by atoms with van der Waals surface area (Å²) in [6.07, 6.45) is 5.35. The number of nitrogens with zero attached hydrogens (tertiary/aromatic N) is 1. The molecule has 1 aromatic rings. The lowest BCUT2D eigenvalue weighted by Crippen LogP contribution is -2.26. The van der Waals surface area contributed by atoms with Crippen LogP contribution in [-0.2, 0) is 0 Å². The number of nitrogens with two attached hydrogens (primary N) is 1. The zero-order chi connectivity index (χ0) is 12.8. The van der Waals surface area contributed by atoms with Crippen LogP contribution in [-0.4, -0.2) is 12.5 Å². The highest BCUT2D eigenvalue weighted by molar-refractivity contribution is 5.92. The number of aliphatic imine (C=N–C) groups is 1. The third-order valence-electron chi connectivity index (χ3n) is 3.83. The first-order valence-corrected chi connectivity index (χ1v) is 6.87. The molecule has 1 aromatic carbocycles. The fourth-order valence-electron chi connectivity index (χ4n) is 2.59. The van der Waals surface area contributed by atoms with Crippen molar-refractivity contribution in [2.24, 2.45) is 22.6 Å². The smallest absolute Gasteiger partial charge is 0.193 e. The lowest BCUT2D eigenvalue weighted by Gasteiger charge is -2.27. The van der Waals surface area contributed by atoms with Crippen LogP contribution in [0.25, 0.3) is 0 Å². The van der Waals surface area contributed by atoms with Crippen molar-refractivity contribution < 1.29 is 0 Å². The molecular weight excluding hydrogens is 222 g/mol. The van der Waals surface area contributed by atoms with E-state index in [1.54, 1.807) is 0 Å². The Balaban J connectivity index is 1.85. The number of guanidine groups is 1. The molecule has 3 N–H and O–H groups in total. The van der Waals surface area contributed by atoms with Crippen molar-refractivity contribution in [1.82, 2.24) is 0 Å². The second-order valence-electron chi connectivity index (χ2n) is 5.24. The Morgan fingerprint density at radius 3 is 2.72 bits per heavy atom. The highest BCUT2D eigenvalue weighted by atomic mass is 15.1. The van der Waals surface area contributed by atoms with Crippen molar-refractivity contribution in [3.8, 4) is 0 Å². The van der Waals surface area contributed by atoms with Crippen LogP contribution in [0.4, 0.5) is 5.69 Å². The first-order chi connectivity index (χ1) is 8.75. The second-order valence-corrected chi connectivity index (χ2v) is 5.24. The van der Waals surface area contributed by atoms with Gasteiger partial charge in [-0.05, 0) is 30.4 Å². The van der Waals surface area contributed by atoms with E-state index in [1.165, 1.54) is 25.7 Å². The molecule has 98 valence electrons. The summed E-state index contributed by atoms with van der Waals surface area (Å²) >= 11 is 0. The second kappa shape index (κ2) is 6.43. The summed E-state index contributed by atoms with van der Waals surface area (Å²) < 4.78 is 0. The van der Waals surface area contributed by atoms with E-state index in [1.807, 2.05) is 30.3 Å². The molecule has 2 unspecified atom stereocenters. The zero-order valence-corrected chi connectivity index (χ0v) is 11.1. The zero-order valence-electron chi connectivity index (χ0n) is 11.1. The molecule has 1 saturated carbocycles. The van der Waals surface area contributed by atoms with Crippen LogP contribution in [0.15, 0.2) is 35.3 Å². The van der Waals surface area contributed by atoms with Gasteiger partial charge in [0.05, 0.1) is 0 Å². The van der Waals surface area contributed by atoms with Gasteiger partial charge in [0, 0.05) is 12.2 Å². The van der Waals surface area contributed by atoms with Gasteiger partial charge in [-0.1, -0.05) is 44.4 Å². The summed E-state index contributed by atoms with van der Waals surface area (Å²) in [7, 11) is 0. The van der Waals surface area contributed by atoms with E-state index in [9.17, 15) is 0 Å². The van der Waals surface area contributed by atoms with Crippen LogP contribution in [0, 0.1) is 11.8 Å². The molecule has 0 saturated heterocycles. The van der Waals surface area contributed by atoms with Gasteiger partial charge in [-0.15, -0.1) is 0 Å². The van der Waals surface area contributed by atoms with Gasteiger partial charge in [0.2, 0.25) is 0 Å². The molecule has 0 bridgehead atoms. The number of benzene rings is 1. The normalized spacial score (nSPS) is 24.8. The first kappa shape index (κ1) is 12.9. The van der Waals surface area contributed by atoms with Crippen LogP contribution in [0.2, 0.25) is 0 Å². The van der Waals surface area contributed by atoms with E-state index >= 15 is 0 Å². The Labute approximate surface area is 109 Å². The molecule has 1 aliphatic carbocycles. The fraction of sp³-hybridized carbons (Fsp3) is 0.533. The molecule has 0 spiro atoms. The molecule has 2 atom stereocenters. The van der Waals surface area contributed by atoms with Crippen molar-refractivity contribution >= 4 is 11.6 Å². The van der Waals surface area contributed by atoms with E-state index in [-0.39, 0.29) is 0 Å². The highest BCUT2D eigenvalue weighted by Gasteiger charge is 2.20. The maximum Gasteiger partial charge on any atom is 0.193 e. The number of rotatable bonds is 3. The third-order valence-corrected chi connectivity index (χ3v) is 3.83. The summed E-state index contributed by atoms with van der Waals surface area (Å²) in [5.74, 6) is 2.01. The van der Waals surface area contributed by atoms with Crippen LogP contribution in [0.1, 0.15) is 32.6 Å². The minimum absolute atomic E-state index is 0.527. The van der Waals surface area contributed by atoms with E-state index in [0.717, 1.165) is 18.2 Å². The maximum atomic E-state index is 5.91. The minimum Gasteiger partial charge on any atom is -0.370 e. The maximum absolute atomic E-state index is 5.91. The van der Waals surface area contributed by atoms with Gasteiger partial charge in [0.25, 0.3) is 0 Å². The molecule has 0 aliphatic heterocycles. The van der Waals surface area contributed by atoms with Gasteiger partial charge < -0.3 is 11.1 Å². The molecule has 1 aliphatic rings. The number of hydrogen-bond donors (Lipinski definition) is 2. The lowest BCUT2D eigenvalue weighted by molar-refractivity contribution is 0.264. The van der Waals surface area contributed by atoms with Gasteiger partial charge in [-0.25, -0.2) is 0 Å². The van der Waals surface area contributed by atoms with Crippen LogP contribution in [0.5, 0.6) is 0 Å². The topological polar surface area (TPSA) is 50.4 Å². The average Bonchev–Trinajstić information content (AvgIpc) is 2.39. The van der Waals surface area contributed by atoms with Gasteiger partial charge >= 0.3 is 0 Å².